The van der Waals surface area contributed by atoms with E-state index in [0.29, 0.717) is 6.54 Å². The topological polar surface area (TPSA) is 76.5 Å². The number of hydrogen-bond donors (Lipinski definition) is 1. The van der Waals surface area contributed by atoms with Gasteiger partial charge < -0.3 is 19.5 Å². The molecule has 0 radical (unpaired) electrons. The average molecular weight is 433 g/mol. The van der Waals surface area contributed by atoms with Gasteiger partial charge in [-0.2, -0.15) is 0 Å². The standard InChI is InChI=1S/C25H28N4O3/c1-17(30)29-14-12-18-6-4-5-7-21(18)22(29)16-23(31)27-24(25-26-13-15-28(25)2)19-8-10-20(32-3)11-9-19/h4-11,13,15,22,24H,12,14,16H2,1-3H3,(H,27,31). The van der Waals surface area contributed by atoms with E-state index in [1.54, 1.807) is 25.1 Å². The van der Waals surface area contributed by atoms with Crippen LogP contribution in [-0.2, 0) is 23.1 Å². The van der Waals surface area contributed by atoms with E-state index in [1.165, 1.54) is 5.56 Å². The predicted molar refractivity (Wildman–Crippen MR) is 121 cm³/mol. The van der Waals surface area contributed by atoms with Gasteiger partial charge in [0.2, 0.25) is 11.8 Å². The highest BCUT2D eigenvalue weighted by atomic mass is 16.5. The number of fused-ring (bicyclic) bond motifs is 1. The van der Waals surface area contributed by atoms with Crippen molar-refractivity contribution in [2.24, 2.45) is 7.05 Å². The van der Waals surface area contributed by atoms with Gasteiger partial charge in [0.1, 0.15) is 17.6 Å². The minimum absolute atomic E-state index is 0.0203. The van der Waals surface area contributed by atoms with Gasteiger partial charge in [-0.05, 0) is 35.2 Å². The fraction of sp³-hybridized carbons (Fsp3) is 0.320. The second-order valence-electron chi connectivity index (χ2n) is 8.05. The minimum atomic E-state index is -0.419. The minimum Gasteiger partial charge on any atom is -0.497 e. The number of nitrogens with one attached hydrogen (secondary N) is 1. The number of amides is 2. The van der Waals surface area contributed by atoms with E-state index in [2.05, 4.69) is 16.4 Å². The van der Waals surface area contributed by atoms with E-state index in [0.717, 1.165) is 29.1 Å². The number of hydrogen-bond acceptors (Lipinski definition) is 4. The van der Waals surface area contributed by atoms with Gasteiger partial charge in [0.25, 0.3) is 0 Å². The Morgan fingerprint density at radius 1 is 1.19 bits per heavy atom. The molecule has 2 heterocycles. The van der Waals surface area contributed by atoms with Crippen molar-refractivity contribution in [2.75, 3.05) is 13.7 Å². The summed E-state index contributed by atoms with van der Waals surface area (Å²) in [6.45, 7) is 2.18. The van der Waals surface area contributed by atoms with Crippen LogP contribution in [0.5, 0.6) is 5.75 Å². The fourth-order valence-corrected chi connectivity index (χ4v) is 4.39. The Bertz CT molecular complexity index is 1110. The van der Waals surface area contributed by atoms with Crippen LogP contribution in [0.2, 0.25) is 0 Å². The van der Waals surface area contributed by atoms with Crippen molar-refractivity contribution in [3.8, 4) is 5.75 Å². The van der Waals surface area contributed by atoms with Crippen molar-refractivity contribution in [1.29, 1.82) is 0 Å². The number of carbonyl (C=O) groups excluding carboxylic acids is 2. The molecule has 1 aliphatic rings. The summed E-state index contributed by atoms with van der Waals surface area (Å²) in [5, 5.41) is 3.15. The molecule has 0 aliphatic carbocycles. The van der Waals surface area contributed by atoms with Crippen LogP contribution in [0.25, 0.3) is 0 Å². The largest absolute Gasteiger partial charge is 0.497 e. The number of rotatable bonds is 6. The zero-order valence-corrected chi connectivity index (χ0v) is 18.6. The Balaban J connectivity index is 1.60. The van der Waals surface area contributed by atoms with Crippen LogP contribution in [0.4, 0.5) is 0 Å². The van der Waals surface area contributed by atoms with Crippen LogP contribution >= 0.6 is 0 Å². The Labute approximate surface area is 188 Å². The van der Waals surface area contributed by atoms with Crippen LogP contribution in [-0.4, -0.2) is 39.9 Å². The van der Waals surface area contributed by atoms with Crippen molar-refractivity contribution in [3.63, 3.8) is 0 Å². The quantitative estimate of drug-likeness (QED) is 0.649. The normalized spacial score (nSPS) is 16.2. The second kappa shape index (κ2) is 9.26. The molecule has 2 atom stereocenters. The van der Waals surface area contributed by atoms with Crippen LogP contribution in [0.3, 0.4) is 0 Å². The molecular weight excluding hydrogens is 404 g/mol. The summed E-state index contributed by atoms with van der Waals surface area (Å²) in [5.74, 6) is 1.32. The lowest BCUT2D eigenvalue weighted by Gasteiger charge is -2.36. The molecule has 32 heavy (non-hydrogen) atoms. The summed E-state index contributed by atoms with van der Waals surface area (Å²) in [4.78, 5) is 31.9. The van der Waals surface area contributed by atoms with Crippen molar-refractivity contribution < 1.29 is 14.3 Å². The molecule has 3 aromatic rings. The first-order valence-corrected chi connectivity index (χ1v) is 10.7. The van der Waals surface area contributed by atoms with E-state index in [1.807, 2.05) is 60.3 Å². The SMILES string of the molecule is COc1ccc(C(NC(=O)CC2c3ccccc3CCN2C(C)=O)c2nccn2C)cc1. The molecule has 1 N–H and O–H groups in total. The van der Waals surface area contributed by atoms with Crippen molar-refractivity contribution in [2.45, 2.75) is 31.8 Å². The fourth-order valence-electron chi connectivity index (χ4n) is 4.39. The first-order valence-electron chi connectivity index (χ1n) is 10.7. The molecule has 166 valence electrons. The highest BCUT2D eigenvalue weighted by Crippen LogP contribution is 2.33. The summed E-state index contributed by atoms with van der Waals surface area (Å²) < 4.78 is 7.16. The number of aryl methyl sites for hydroxylation is 1. The zero-order valence-electron chi connectivity index (χ0n) is 18.6. The summed E-state index contributed by atoms with van der Waals surface area (Å²) in [5.41, 5.74) is 3.14. The van der Waals surface area contributed by atoms with Gasteiger partial charge in [-0.3, -0.25) is 9.59 Å². The molecule has 0 fully saturated rings. The highest BCUT2D eigenvalue weighted by molar-refractivity contribution is 5.80. The molecule has 0 saturated carbocycles. The molecule has 2 unspecified atom stereocenters. The third-order valence-corrected chi connectivity index (χ3v) is 6.07. The molecule has 7 nitrogen and oxygen atoms in total. The lowest BCUT2D eigenvalue weighted by atomic mass is 9.90. The molecule has 0 bridgehead atoms. The maximum absolute atomic E-state index is 13.3. The van der Waals surface area contributed by atoms with Gasteiger partial charge in [-0.15, -0.1) is 0 Å². The second-order valence-corrected chi connectivity index (χ2v) is 8.05. The third-order valence-electron chi connectivity index (χ3n) is 6.07. The van der Waals surface area contributed by atoms with Crippen molar-refractivity contribution >= 4 is 11.8 Å². The van der Waals surface area contributed by atoms with E-state index in [4.69, 9.17) is 4.74 Å². The smallest absolute Gasteiger partial charge is 0.223 e. The molecule has 2 amide bonds. The third kappa shape index (κ3) is 4.37. The van der Waals surface area contributed by atoms with E-state index < -0.39 is 6.04 Å². The van der Waals surface area contributed by atoms with Crippen LogP contribution in [0.1, 0.15) is 47.9 Å². The maximum atomic E-state index is 13.3. The first-order chi connectivity index (χ1) is 15.5. The molecule has 4 rings (SSSR count). The van der Waals surface area contributed by atoms with Crippen LogP contribution in [0.15, 0.2) is 60.9 Å². The molecule has 7 heteroatoms. The summed E-state index contributed by atoms with van der Waals surface area (Å²) in [6, 6.07) is 14.9. The average Bonchev–Trinajstić information content (AvgIpc) is 3.23. The Morgan fingerprint density at radius 2 is 1.94 bits per heavy atom. The van der Waals surface area contributed by atoms with Crippen LogP contribution in [0, 0.1) is 0 Å². The van der Waals surface area contributed by atoms with Crippen molar-refractivity contribution in [1.82, 2.24) is 19.8 Å². The van der Waals surface area contributed by atoms with E-state index in [9.17, 15) is 9.59 Å². The van der Waals surface area contributed by atoms with Gasteiger partial charge in [-0.1, -0.05) is 36.4 Å². The van der Waals surface area contributed by atoms with Gasteiger partial charge in [0.05, 0.1) is 19.6 Å². The Kier molecular flexibility index (Phi) is 6.25. The first kappa shape index (κ1) is 21.6. The summed E-state index contributed by atoms with van der Waals surface area (Å²) in [6.07, 6.45) is 4.56. The molecule has 0 spiro atoms. The monoisotopic (exact) mass is 432 g/mol. The Morgan fingerprint density at radius 3 is 2.59 bits per heavy atom. The number of methoxy groups -OCH3 is 1. The maximum Gasteiger partial charge on any atom is 0.223 e. The molecule has 0 saturated heterocycles. The summed E-state index contributed by atoms with van der Waals surface area (Å²) in [7, 11) is 3.52. The van der Waals surface area contributed by atoms with Gasteiger partial charge in [0, 0.05) is 32.9 Å². The Hall–Kier alpha value is -3.61. The van der Waals surface area contributed by atoms with Crippen LogP contribution < -0.4 is 10.1 Å². The number of carbonyl (C=O) groups is 2. The van der Waals surface area contributed by atoms with Gasteiger partial charge in [-0.25, -0.2) is 4.98 Å². The van der Waals surface area contributed by atoms with E-state index >= 15 is 0 Å². The molecule has 2 aromatic carbocycles. The van der Waals surface area contributed by atoms with E-state index in [-0.39, 0.29) is 24.3 Å². The highest BCUT2D eigenvalue weighted by Gasteiger charge is 2.31. The van der Waals surface area contributed by atoms with Crippen molar-refractivity contribution in [3.05, 3.63) is 83.4 Å². The number of benzene rings is 2. The number of imidazole rings is 1. The van der Waals surface area contributed by atoms with Gasteiger partial charge in [0.15, 0.2) is 0 Å². The number of aromatic nitrogens is 2. The molecule has 1 aliphatic heterocycles. The lowest BCUT2D eigenvalue weighted by molar-refractivity contribution is -0.133. The molecular formula is C25H28N4O3. The number of ether oxygens (including phenoxy) is 1. The predicted octanol–water partition coefficient (Wildman–Crippen LogP) is 3.17. The molecule has 1 aromatic heterocycles. The summed E-state index contributed by atoms with van der Waals surface area (Å²) >= 11 is 0. The lowest BCUT2D eigenvalue weighted by Crippen LogP contribution is -2.42. The number of nitrogens with zero attached hydrogens (tertiary/aromatic N) is 3. The zero-order chi connectivity index (χ0) is 22.7. The van der Waals surface area contributed by atoms with Gasteiger partial charge >= 0.3 is 0 Å².